The van der Waals surface area contributed by atoms with E-state index < -0.39 is 46.1 Å². The van der Waals surface area contributed by atoms with Gasteiger partial charge in [-0.25, -0.2) is 22.0 Å². The monoisotopic (exact) mass is 297 g/mol. The minimum Gasteiger partial charge on any atom is -0.396 e. The molecule has 1 aromatic carbocycles. The fourth-order valence-corrected chi connectivity index (χ4v) is 1.52. The lowest BCUT2D eigenvalue weighted by Gasteiger charge is -2.25. The van der Waals surface area contributed by atoms with Gasteiger partial charge in [-0.3, -0.25) is 4.79 Å². The predicted octanol–water partition coefficient (Wildman–Crippen LogP) is 2.27. The molecule has 0 aromatic heterocycles. The van der Waals surface area contributed by atoms with Crippen LogP contribution in [-0.2, 0) is 0 Å². The molecule has 0 saturated heterocycles. The number of carbonyl (C=O) groups excluding carboxylic acids is 1. The highest BCUT2D eigenvalue weighted by atomic mass is 19.2. The number of rotatable bonds is 4. The molecule has 1 amide bonds. The van der Waals surface area contributed by atoms with Gasteiger partial charge in [0.1, 0.15) is 5.56 Å². The van der Waals surface area contributed by atoms with Crippen molar-refractivity contribution in [1.29, 1.82) is 0 Å². The van der Waals surface area contributed by atoms with Gasteiger partial charge in [0.15, 0.2) is 23.3 Å². The highest BCUT2D eigenvalue weighted by Gasteiger charge is 2.31. The third-order valence-corrected chi connectivity index (χ3v) is 2.63. The zero-order chi connectivity index (χ0) is 15.7. The molecule has 0 aliphatic rings. The molecule has 0 unspecified atom stereocenters. The van der Waals surface area contributed by atoms with E-state index in [9.17, 15) is 26.7 Å². The van der Waals surface area contributed by atoms with E-state index in [0.717, 1.165) is 0 Å². The second-order valence-corrected chi connectivity index (χ2v) is 4.76. The first-order valence-electron chi connectivity index (χ1n) is 5.57. The van der Waals surface area contributed by atoms with Crippen LogP contribution in [0.2, 0.25) is 0 Å². The molecule has 112 valence electrons. The SMILES string of the molecule is CC(C)(CCO)NC(=O)c1c(F)c(F)c(F)c(F)c1F. The van der Waals surface area contributed by atoms with E-state index in [4.69, 9.17) is 5.11 Å². The molecule has 0 bridgehead atoms. The average molecular weight is 297 g/mol. The van der Waals surface area contributed by atoms with E-state index in [0.29, 0.717) is 0 Å². The predicted molar refractivity (Wildman–Crippen MR) is 59.5 cm³/mol. The fraction of sp³-hybridized carbons (Fsp3) is 0.417. The molecule has 3 nitrogen and oxygen atoms in total. The van der Waals surface area contributed by atoms with Crippen molar-refractivity contribution >= 4 is 5.91 Å². The third kappa shape index (κ3) is 3.06. The Bertz CT molecular complexity index is 516. The van der Waals surface area contributed by atoms with Crippen LogP contribution in [0.25, 0.3) is 0 Å². The van der Waals surface area contributed by atoms with E-state index in [1.165, 1.54) is 13.8 Å². The molecular weight excluding hydrogens is 285 g/mol. The minimum absolute atomic E-state index is 0.0359. The van der Waals surface area contributed by atoms with Crippen molar-refractivity contribution < 1.29 is 31.9 Å². The number of amides is 1. The molecule has 0 aliphatic heterocycles. The molecule has 0 aliphatic carbocycles. The molecule has 0 saturated carbocycles. The van der Waals surface area contributed by atoms with Crippen LogP contribution >= 0.6 is 0 Å². The Kier molecular flexibility index (Phi) is 4.69. The number of carbonyl (C=O) groups is 1. The third-order valence-electron chi connectivity index (χ3n) is 2.63. The first kappa shape index (κ1) is 16.4. The summed E-state index contributed by atoms with van der Waals surface area (Å²) in [4.78, 5) is 11.7. The maximum Gasteiger partial charge on any atom is 0.257 e. The molecular formula is C12H12F5NO2. The number of benzene rings is 1. The second kappa shape index (κ2) is 5.74. The fourth-order valence-electron chi connectivity index (χ4n) is 1.52. The van der Waals surface area contributed by atoms with Gasteiger partial charge in [-0.05, 0) is 20.3 Å². The van der Waals surface area contributed by atoms with Crippen LogP contribution in [0.4, 0.5) is 22.0 Å². The Labute approximate surface area is 111 Å². The number of halogens is 5. The van der Waals surface area contributed by atoms with Gasteiger partial charge in [0.05, 0.1) is 0 Å². The van der Waals surface area contributed by atoms with E-state index in [1.54, 1.807) is 0 Å². The van der Waals surface area contributed by atoms with Gasteiger partial charge < -0.3 is 10.4 Å². The van der Waals surface area contributed by atoms with Crippen LogP contribution < -0.4 is 5.32 Å². The Morgan fingerprint density at radius 1 is 1.00 bits per heavy atom. The molecule has 2 N–H and O–H groups in total. The number of aliphatic hydroxyl groups excluding tert-OH is 1. The van der Waals surface area contributed by atoms with Gasteiger partial charge in [-0.1, -0.05) is 0 Å². The highest BCUT2D eigenvalue weighted by Crippen LogP contribution is 2.23. The van der Waals surface area contributed by atoms with E-state index >= 15 is 0 Å². The summed E-state index contributed by atoms with van der Waals surface area (Å²) in [5.41, 5.74) is -2.63. The molecule has 20 heavy (non-hydrogen) atoms. The molecule has 0 heterocycles. The van der Waals surface area contributed by atoms with Gasteiger partial charge in [0.2, 0.25) is 5.82 Å². The lowest BCUT2D eigenvalue weighted by Crippen LogP contribution is -2.44. The van der Waals surface area contributed by atoms with Crippen molar-refractivity contribution in [2.24, 2.45) is 0 Å². The number of nitrogens with one attached hydrogen (secondary N) is 1. The Morgan fingerprint density at radius 3 is 1.80 bits per heavy atom. The van der Waals surface area contributed by atoms with Crippen LogP contribution in [0.3, 0.4) is 0 Å². The van der Waals surface area contributed by atoms with Gasteiger partial charge in [-0.15, -0.1) is 0 Å². The number of aliphatic hydroxyl groups is 1. The normalized spacial score (nSPS) is 11.6. The Balaban J connectivity index is 3.24. The zero-order valence-electron chi connectivity index (χ0n) is 10.7. The summed E-state index contributed by atoms with van der Waals surface area (Å²) in [7, 11) is 0. The largest absolute Gasteiger partial charge is 0.396 e. The molecule has 0 atom stereocenters. The van der Waals surface area contributed by atoms with Crippen molar-refractivity contribution in [3.8, 4) is 0 Å². The van der Waals surface area contributed by atoms with Crippen LogP contribution in [0, 0.1) is 29.1 Å². The van der Waals surface area contributed by atoms with Crippen molar-refractivity contribution in [3.05, 3.63) is 34.6 Å². The van der Waals surface area contributed by atoms with Crippen LogP contribution in [0.15, 0.2) is 0 Å². The van der Waals surface area contributed by atoms with Crippen LogP contribution in [0.1, 0.15) is 30.6 Å². The van der Waals surface area contributed by atoms with Crippen molar-refractivity contribution in [1.82, 2.24) is 5.32 Å². The lowest BCUT2D eigenvalue weighted by atomic mass is 10.00. The molecule has 0 spiro atoms. The summed E-state index contributed by atoms with van der Waals surface area (Å²) >= 11 is 0. The van der Waals surface area contributed by atoms with E-state index in [-0.39, 0.29) is 13.0 Å². The molecule has 8 heteroatoms. The van der Waals surface area contributed by atoms with Gasteiger partial charge >= 0.3 is 0 Å². The minimum atomic E-state index is -2.33. The maximum atomic E-state index is 13.4. The van der Waals surface area contributed by atoms with E-state index in [2.05, 4.69) is 5.32 Å². The van der Waals surface area contributed by atoms with Crippen LogP contribution in [0.5, 0.6) is 0 Å². The standard InChI is InChI=1S/C12H12F5NO2/c1-12(2,3-4-19)18-11(20)5-6(13)8(15)10(17)9(16)7(5)14/h19H,3-4H2,1-2H3,(H,18,20). The Hall–Kier alpha value is -1.70. The summed E-state index contributed by atoms with van der Waals surface area (Å²) < 4.78 is 65.5. The van der Waals surface area contributed by atoms with Gasteiger partial charge in [0, 0.05) is 12.1 Å². The first-order chi connectivity index (χ1) is 9.12. The summed E-state index contributed by atoms with van der Waals surface area (Å²) in [6.45, 7) is 2.52. The van der Waals surface area contributed by atoms with Crippen molar-refractivity contribution in [2.45, 2.75) is 25.8 Å². The summed E-state index contributed by atoms with van der Waals surface area (Å²) in [5.74, 6) is -12.5. The van der Waals surface area contributed by atoms with Crippen molar-refractivity contribution in [3.63, 3.8) is 0 Å². The average Bonchev–Trinajstić information content (AvgIpc) is 2.33. The summed E-state index contributed by atoms with van der Waals surface area (Å²) in [6.07, 6.45) is 0.0359. The quantitative estimate of drug-likeness (QED) is 0.509. The topological polar surface area (TPSA) is 49.3 Å². The number of hydrogen-bond donors (Lipinski definition) is 2. The second-order valence-electron chi connectivity index (χ2n) is 4.76. The van der Waals surface area contributed by atoms with Crippen LogP contribution in [-0.4, -0.2) is 23.2 Å². The molecule has 1 rings (SSSR count). The molecule has 0 fully saturated rings. The summed E-state index contributed by atoms with van der Waals surface area (Å²) in [5, 5.41) is 10.8. The lowest BCUT2D eigenvalue weighted by molar-refractivity contribution is 0.0887. The Morgan fingerprint density at radius 2 is 1.40 bits per heavy atom. The zero-order valence-corrected chi connectivity index (χ0v) is 10.7. The van der Waals surface area contributed by atoms with Gasteiger partial charge in [0.25, 0.3) is 5.91 Å². The molecule has 0 radical (unpaired) electrons. The maximum absolute atomic E-state index is 13.4. The van der Waals surface area contributed by atoms with E-state index in [1.807, 2.05) is 0 Å². The number of hydrogen-bond acceptors (Lipinski definition) is 2. The summed E-state index contributed by atoms with van der Waals surface area (Å²) in [6, 6.07) is 0. The first-order valence-corrected chi connectivity index (χ1v) is 5.57. The highest BCUT2D eigenvalue weighted by molar-refractivity contribution is 5.95. The van der Waals surface area contributed by atoms with Gasteiger partial charge in [-0.2, -0.15) is 0 Å². The smallest absolute Gasteiger partial charge is 0.257 e. The molecule has 1 aromatic rings. The van der Waals surface area contributed by atoms with Crippen molar-refractivity contribution in [2.75, 3.05) is 6.61 Å².